The summed E-state index contributed by atoms with van der Waals surface area (Å²) >= 11 is 6.04. The smallest absolute Gasteiger partial charge is 0.226 e. The van der Waals surface area contributed by atoms with Crippen LogP contribution >= 0.6 is 11.6 Å². The Kier molecular flexibility index (Phi) is 4.75. The summed E-state index contributed by atoms with van der Waals surface area (Å²) in [7, 11) is 0. The molecule has 1 saturated heterocycles. The molecule has 2 heterocycles. The number of rotatable bonds is 3. The maximum absolute atomic E-state index is 9.04. The van der Waals surface area contributed by atoms with Crippen LogP contribution in [0.3, 0.4) is 0 Å². The lowest BCUT2D eigenvalue weighted by molar-refractivity contribution is 0.248. The molecule has 23 heavy (non-hydrogen) atoms. The van der Waals surface area contributed by atoms with E-state index in [1.54, 1.807) is 6.07 Å². The van der Waals surface area contributed by atoms with Gasteiger partial charge in [-0.25, -0.2) is 9.97 Å². The Labute approximate surface area is 141 Å². The third-order valence-electron chi connectivity index (χ3n) is 3.91. The normalized spacial score (nSPS) is 15.4. The second kappa shape index (κ2) is 6.95. The lowest BCUT2D eigenvalue weighted by atomic mass is 10.2. The fraction of sp³-hybridized carbons (Fsp3) is 0.353. The first-order valence-electron chi connectivity index (χ1n) is 7.61. The zero-order chi connectivity index (χ0) is 16.2. The van der Waals surface area contributed by atoms with Crippen molar-refractivity contribution >= 4 is 17.5 Å². The van der Waals surface area contributed by atoms with Crippen LogP contribution in [-0.2, 0) is 6.54 Å². The maximum Gasteiger partial charge on any atom is 0.226 e. The average Bonchev–Trinajstić information content (AvgIpc) is 2.55. The zero-order valence-corrected chi connectivity index (χ0v) is 13.8. The molecule has 2 aromatic rings. The fourth-order valence-electron chi connectivity index (χ4n) is 2.75. The molecule has 0 spiro atoms. The lowest BCUT2D eigenvalue weighted by Gasteiger charge is -2.34. The Morgan fingerprint density at radius 3 is 2.65 bits per heavy atom. The van der Waals surface area contributed by atoms with Crippen molar-refractivity contribution in [1.82, 2.24) is 14.9 Å². The van der Waals surface area contributed by atoms with Crippen LogP contribution in [0.2, 0.25) is 5.02 Å². The van der Waals surface area contributed by atoms with Crippen LogP contribution in [0.15, 0.2) is 30.3 Å². The predicted octanol–water partition coefficient (Wildman–Crippen LogP) is 2.63. The highest BCUT2D eigenvalue weighted by molar-refractivity contribution is 6.30. The SMILES string of the molecule is Cc1cc(C#N)nc(N2CCN(Cc3cccc(Cl)c3)CC2)n1. The molecule has 6 heteroatoms. The molecular weight excluding hydrogens is 310 g/mol. The van der Waals surface area contributed by atoms with Crippen molar-refractivity contribution in [2.75, 3.05) is 31.1 Å². The number of benzene rings is 1. The van der Waals surface area contributed by atoms with E-state index in [4.69, 9.17) is 16.9 Å². The van der Waals surface area contributed by atoms with E-state index in [1.807, 2.05) is 25.1 Å². The molecule has 0 unspecified atom stereocenters. The van der Waals surface area contributed by atoms with E-state index >= 15 is 0 Å². The molecule has 3 rings (SSSR count). The van der Waals surface area contributed by atoms with E-state index in [0.29, 0.717) is 11.6 Å². The number of aromatic nitrogens is 2. The summed E-state index contributed by atoms with van der Waals surface area (Å²) in [5.74, 6) is 0.656. The van der Waals surface area contributed by atoms with Crippen LogP contribution in [0.5, 0.6) is 0 Å². The van der Waals surface area contributed by atoms with Crippen LogP contribution in [0.25, 0.3) is 0 Å². The summed E-state index contributed by atoms with van der Waals surface area (Å²) < 4.78 is 0. The summed E-state index contributed by atoms with van der Waals surface area (Å²) in [4.78, 5) is 13.3. The Morgan fingerprint density at radius 1 is 1.17 bits per heavy atom. The van der Waals surface area contributed by atoms with Gasteiger partial charge < -0.3 is 4.90 Å². The number of piperazine rings is 1. The van der Waals surface area contributed by atoms with Crippen molar-refractivity contribution in [1.29, 1.82) is 5.26 Å². The second-order valence-electron chi connectivity index (χ2n) is 5.70. The summed E-state index contributed by atoms with van der Waals surface area (Å²) in [6, 6.07) is 11.8. The molecule has 1 aliphatic rings. The topological polar surface area (TPSA) is 56.1 Å². The minimum absolute atomic E-state index is 0.425. The Hall–Kier alpha value is -2.16. The van der Waals surface area contributed by atoms with Gasteiger partial charge in [-0.3, -0.25) is 4.90 Å². The van der Waals surface area contributed by atoms with Crippen molar-refractivity contribution < 1.29 is 0 Å². The summed E-state index contributed by atoms with van der Waals surface area (Å²) in [6.45, 7) is 6.37. The van der Waals surface area contributed by atoms with E-state index in [1.165, 1.54) is 5.56 Å². The number of aryl methyl sites for hydroxylation is 1. The van der Waals surface area contributed by atoms with Gasteiger partial charge in [0, 0.05) is 43.4 Å². The fourth-order valence-corrected chi connectivity index (χ4v) is 2.96. The third-order valence-corrected chi connectivity index (χ3v) is 4.14. The van der Waals surface area contributed by atoms with Gasteiger partial charge in [-0.2, -0.15) is 5.26 Å². The van der Waals surface area contributed by atoms with Gasteiger partial charge in [0.15, 0.2) is 0 Å². The molecule has 0 bridgehead atoms. The predicted molar refractivity (Wildman–Crippen MR) is 90.4 cm³/mol. The molecule has 1 aromatic carbocycles. The second-order valence-corrected chi connectivity index (χ2v) is 6.14. The highest BCUT2D eigenvalue weighted by atomic mass is 35.5. The van der Waals surface area contributed by atoms with Gasteiger partial charge in [-0.1, -0.05) is 23.7 Å². The number of nitriles is 1. The first-order valence-corrected chi connectivity index (χ1v) is 7.99. The van der Waals surface area contributed by atoms with E-state index < -0.39 is 0 Å². The molecule has 118 valence electrons. The molecule has 1 fully saturated rings. The molecule has 0 atom stereocenters. The molecule has 0 N–H and O–H groups in total. The molecule has 0 saturated carbocycles. The first-order chi connectivity index (χ1) is 11.1. The van der Waals surface area contributed by atoms with E-state index in [0.717, 1.165) is 43.4 Å². The lowest BCUT2D eigenvalue weighted by Crippen LogP contribution is -2.46. The van der Waals surface area contributed by atoms with Crippen molar-refractivity contribution in [3.05, 3.63) is 52.3 Å². The average molecular weight is 328 g/mol. The van der Waals surface area contributed by atoms with Crippen molar-refractivity contribution in [3.63, 3.8) is 0 Å². The van der Waals surface area contributed by atoms with Gasteiger partial charge in [0.2, 0.25) is 5.95 Å². The summed E-state index contributed by atoms with van der Waals surface area (Å²) in [5, 5.41) is 9.81. The molecule has 5 nitrogen and oxygen atoms in total. The Balaban J connectivity index is 1.62. The summed E-state index contributed by atoms with van der Waals surface area (Å²) in [6.07, 6.45) is 0. The van der Waals surface area contributed by atoms with Gasteiger partial charge in [0.05, 0.1) is 0 Å². The van der Waals surface area contributed by atoms with Crippen molar-refractivity contribution in [2.45, 2.75) is 13.5 Å². The molecule has 0 aliphatic carbocycles. The highest BCUT2D eigenvalue weighted by Gasteiger charge is 2.19. The first kappa shape index (κ1) is 15.7. The summed E-state index contributed by atoms with van der Waals surface area (Å²) in [5.41, 5.74) is 2.48. The Bertz CT molecular complexity index is 732. The molecule has 0 radical (unpaired) electrons. The molecule has 1 aliphatic heterocycles. The van der Waals surface area contributed by atoms with E-state index in [-0.39, 0.29) is 0 Å². The third kappa shape index (κ3) is 3.98. The van der Waals surface area contributed by atoms with Crippen LogP contribution in [0.1, 0.15) is 17.0 Å². The number of hydrogen-bond donors (Lipinski definition) is 0. The van der Waals surface area contributed by atoms with E-state index in [2.05, 4.69) is 31.9 Å². The monoisotopic (exact) mass is 327 g/mol. The highest BCUT2D eigenvalue weighted by Crippen LogP contribution is 2.16. The molecular formula is C17H18ClN5. The van der Waals surface area contributed by atoms with Crippen molar-refractivity contribution in [2.24, 2.45) is 0 Å². The minimum Gasteiger partial charge on any atom is -0.338 e. The maximum atomic E-state index is 9.04. The number of anilines is 1. The number of halogens is 1. The Morgan fingerprint density at radius 2 is 1.96 bits per heavy atom. The van der Waals surface area contributed by atoms with E-state index in [9.17, 15) is 0 Å². The largest absolute Gasteiger partial charge is 0.338 e. The van der Waals surface area contributed by atoms with Crippen LogP contribution in [-0.4, -0.2) is 41.0 Å². The number of nitrogens with zero attached hydrogens (tertiary/aromatic N) is 5. The van der Waals surface area contributed by atoms with Gasteiger partial charge in [-0.05, 0) is 30.7 Å². The molecule has 0 amide bonds. The van der Waals surface area contributed by atoms with Crippen LogP contribution < -0.4 is 4.90 Å². The number of hydrogen-bond acceptors (Lipinski definition) is 5. The minimum atomic E-state index is 0.425. The van der Waals surface area contributed by atoms with Gasteiger partial charge in [-0.15, -0.1) is 0 Å². The van der Waals surface area contributed by atoms with Gasteiger partial charge in [0.25, 0.3) is 0 Å². The molecule has 1 aromatic heterocycles. The zero-order valence-electron chi connectivity index (χ0n) is 13.0. The quantitative estimate of drug-likeness (QED) is 0.867. The van der Waals surface area contributed by atoms with Crippen molar-refractivity contribution in [3.8, 4) is 6.07 Å². The van der Waals surface area contributed by atoms with Crippen LogP contribution in [0.4, 0.5) is 5.95 Å². The van der Waals surface area contributed by atoms with Gasteiger partial charge >= 0.3 is 0 Å². The van der Waals surface area contributed by atoms with Gasteiger partial charge in [0.1, 0.15) is 11.8 Å². The van der Waals surface area contributed by atoms with Crippen LogP contribution in [0, 0.1) is 18.3 Å². The standard InChI is InChI=1S/C17H18ClN5/c1-13-9-16(11-19)21-17(20-13)23-7-5-22(6-8-23)12-14-3-2-4-15(18)10-14/h2-4,9-10H,5-8,12H2,1H3.